The van der Waals surface area contributed by atoms with Gasteiger partial charge in [0.2, 0.25) is 0 Å². The van der Waals surface area contributed by atoms with E-state index in [0.29, 0.717) is 6.42 Å². The number of rotatable bonds is 5. The van der Waals surface area contributed by atoms with Gasteiger partial charge in [-0.05, 0) is 6.42 Å². The summed E-state index contributed by atoms with van der Waals surface area (Å²) in [5, 5.41) is 7.33. The van der Waals surface area contributed by atoms with Crippen LogP contribution in [0.2, 0.25) is 0 Å². The highest BCUT2D eigenvalue weighted by atomic mass is 32.2. The molecule has 0 heterocycles. The molecule has 0 radical (unpaired) electrons. The minimum Gasteiger partial charge on any atom is -0.480 e. The highest BCUT2D eigenvalue weighted by Gasteiger charge is 2.27. The van der Waals surface area contributed by atoms with Crippen molar-refractivity contribution in [3.63, 3.8) is 0 Å². The Hall–Kier alpha value is -0.580. The molecule has 0 aromatic rings. The third-order valence-electron chi connectivity index (χ3n) is 1.61. The molecule has 5 heteroatoms. The Balaban J connectivity index is 4.36. The Morgan fingerprint density at radius 1 is 1.50 bits per heavy atom. The van der Waals surface area contributed by atoms with E-state index in [9.17, 15) is 13.2 Å². The molecule has 0 spiro atoms. The molecule has 0 saturated carbocycles. The van der Waals surface area contributed by atoms with Crippen molar-refractivity contribution in [3.05, 3.63) is 0 Å². The average molecular weight is 194 g/mol. The number of carboxylic acid groups (broad SMARTS) is 1. The van der Waals surface area contributed by atoms with Crippen LogP contribution in [0.1, 0.15) is 26.2 Å². The maximum absolute atomic E-state index is 10.9. The van der Waals surface area contributed by atoms with Crippen molar-refractivity contribution in [1.29, 1.82) is 0 Å². The van der Waals surface area contributed by atoms with E-state index in [0.717, 1.165) is 12.7 Å². The van der Waals surface area contributed by atoms with Crippen LogP contribution in [0.4, 0.5) is 0 Å². The highest BCUT2D eigenvalue weighted by Crippen LogP contribution is 2.09. The fourth-order valence-electron chi connectivity index (χ4n) is 0.910. The molecule has 4 nitrogen and oxygen atoms in total. The van der Waals surface area contributed by atoms with Crippen LogP contribution < -0.4 is 0 Å². The second-order valence-electron chi connectivity index (χ2n) is 2.80. The molecule has 72 valence electrons. The molecular weight excluding hydrogens is 180 g/mol. The van der Waals surface area contributed by atoms with Gasteiger partial charge in [-0.1, -0.05) is 19.8 Å². The Labute approximate surface area is 72.5 Å². The normalized spacial score (nSPS) is 14.2. The lowest BCUT2D eigenvalue weighted by Crippen LogP contribution is -2.29. The quantitative estimate of drug-likeness (QED) is 0.698. The van der Waals surface area contributed by atoms with Gasteiger partial charge >= 0.3 is 5.97 Å². The fourth-order valence-corrected chi connectivity index (χ4v) is 1.87. The molecule has 0 aliphatic carbocycles. The van der Waals surface area contributed by atoms with Crippen molar-refractivity contribution in [2.24, 2.45) is 0 Å². The lowest BCUT2D eigenvalue weighted by molar-refractivity contribution is -0.136. The molecule has 0 aliphatic heterocycles. The van der Waals surface area contributed by atoms with Crippen molar-refractivity contribution in [2.45, 2.75) is 31.4 Å². The Morgan fingerprint density at radius 3 is 2.25 bits per heavy atom. The van der Waals surface area contributed by atoms with Crippen LogP contribution in [-0.2, 0) is 14.6 Å². The monoisotopic (exact) mass is 194 g/mol. The number of sulfone groups is 1. The van der Waals surface area contributed by atoms with Crippen molar-refractivity contribution in [3.8, 4) is 0 Å². The molecule has 0 rings (SSSR count). The minimum atomic E-state index is -3.44. The summed E-state index contributed by atoms with van der Waals surface area (Å²) in [6.07, 6.45) is 2.61. The van der Waals surface area contributed by atoms with E-state index in [-0.39, 0.29) is 6.42 Å². The summed E-state index contributed by atoms with van der Waals surface area (Å²) in [5.41, 5.74) is 0. The molecule has 0 fully saturated rings. The van der Waals surface area contributed by atoms with Crippen molar-refractivity contribution < 1.29 is 18.3 Å². The number of hydrogen-bond acceptors (Lipinski definition) is 3. The molecule has 0 aromatic carbocycles. The van der Waals surface area contributed by atoms with E-state index in [1.54, 1.807) is 0 Å². The molecule has 1 atom stereocenters. The number of unbranched alkanes of at least 4 members (excludes halogenated alkanes) is 1. The van der Waals surface area contributed by atoms with Gasteiger partial charge < -0.3 is 5.11 Å². The van der Waals surface area contributed by atoms with Gasteiger partial charge in [0.05, 0.1) is 0 Å². The number of carbonyl (C=O) groups is 1. The van der Waals surface area contributed by atoms with Gasteiger partial charge in [0.15, 0.2) is 15.1 Å². The fraction of sp³-hybridized carbons (Fsp3) is 0.857. The first-order valence-electron chi connectivity index (χ1n) is 3.81. The summed E-state index contributed by atoms with van der Waals surface area (Å²) in [4.78, 5) is 10.5. The van der Waals surface area contributed by atoms with Crippen LogP contribution >= 0.6 is 0 Å². The lowest BCUT2D eigenvalue weighted by atomic mass is 10.2. The first-order valence-corrected chi connectivity index (χ1v) is 5.76. The van der Waals surface area contributed by atoms with Gasteiger partial charge in [0.1, 0.15) is 0 Å². The second-order valence-corrected chi connectivity index (χ2v) is 5.03. The van der Waals surface area contributed by atoms with Crippen LogP contribution in [0.5, 0.6) is 0 Å². The zero-order valence-corrected chi connectivity index (χ0v) is 8.10. The molecule has 0 saturated heterocycles. The van der Waals surface area contributed by atoms with Crippen molar-refractivity contribution in [2.75, 3.05) is 6.26 Å². The molecule has 0 aromatic heterocycles. The topological polar surface area (TPSA) is 71.4 Å². The van der Waals surface area contributed by atoms with Gasteiger partial charge in [-0.15, -0.1) is 0 Å². The zero-order valence-electron chi connectivity index (χ0n) is 7.28. The van der Waals surface area contributed by atoms with Crippen LogP contribution in [0.3, 0.4) is 0 Å². The van der Waals surface area contributed by atoms with Crippen LogP contribution in [0, 0.1) is 0 Å². The van der Waals surface area contributed by atoms with Crippen molar-refractivity contribution >= 4 is 15.8 Å². The molecule has 0 amide bonds. The molecule has 12 heavy (non-hydrogen) atoms. The molecule has 1 N–H and O–H groups in total. The highest BCUT2D eigenvalue weighted by molar-refractivity contribution is 7.92. The SMILES string of the molecule is CCCCC(C(=O)O)S(C)(=O)=O. The van der Waals surface area contributed by atoms with Crippen LogP contribution in [-0.4, -0.2) is 31.0 Å². The summed E-state index contributed by atoms with van der Waals surface area (Å²) >= 11 is 0. The molecular formula is C7H14O4S. The third-order valence-corrected chi connectivity index (χ3v) is 3.08. The number of hydrogen-bond donors (Lipinski definition) is 1. The van der Waals surface area contributed by atoms with E-state index >= 15 is 0 Å². The summed E-state index contributed by atoms with van der Waals surface area (Å²) in [6.45, 7) is 1.89. The van der Waals surface area contributed by atoms with E-state index in [1.165, 1.54) is 0 Å². The molecule has 1 unspecified atom stereocenters. The zero-order chi connectivity index (χ0) is 9.78. The molecule has 0 aliphatic rings. The number of carboxylic acids is 1. The first kappa shape index (κ1) is 11.4. The Morgan fingerprint density at radius 2 is 2.00 bits per heavy atom. The standard InChI is InChI=1S/C7H14O4S/c1-3-4-5-6(7(8)9)12(2,10)11/h6H,3-5H2,1-2H3,(H,8,9). The van der Waals surface area contributed by atoms with Gasteiger partial charge in [-0.2, -0.15) is 0 Å². The smallest absolute Gasteiger partial charge is 0.321 e. The van der Waals surface area contributed by atoms with Crippen molar-refractivity contribution in [1.82, 2.24) is 0 Å². The van der Waals surface area contributed by atoms with E-state index in [1.807, 2.05) is 6.92 Å². The van der Waals surface area contributed by atoms with Gasteiger partial charge in [-0.3, -0.25) is 4.79 Å². The van der Waals surface area contributed by atoms with E-state index in [4.69, 9.17) is 5.11 Å². The van der Waals surface area contributed by atoms with Gasteiger partial charge in [-0.25, -0.2) is 8.42 Å². The molecule has 0 bridgehead atoms. The van der Waals surface area contributed by atoms with Gasteiger partial charge in [0.25, 0.3) is 0 Å². The largest absolute Gasteiger partial charge is 0.480 e. The van der Waals surface area contributed by atoms with Gasteiger partial charge in [0, 0.05) is 6.26 Å². The Kier molecular flexibility index (Phi) is 4.23. The van der Waals surface area contributed by atoms with E-state index in [2.05, 4.69) is 0 Å². The summed E-state index contributed by atoms with van der Waals surface area (Å²) in [5.74, 6) is -1.24. The summed E-state index contributed by atoms with van der Waals surface area (Å²) in [7, 11) is -3.44. The minimum absolute atomic E-state index is 0.213. The average Bonchev–Trinajstić information content (AvgIpc) is 1.84. The maximum atomic E-state index is 10.9. The predicted octanol–water partition coefficient (Wildman–Crippen LogP) is 0.674. The maximum Gasteiger partial charge on any atom is 0.321 e. The predicted molar refractivity (Wildman–Crippen MR) is 45.8 cm³/mol. The first-order chi connectivity index (χ1) is 5.39. The Bertz CT molecular complexity index is 242. The second kappa shape index (κ2) is 4.45. The lowest BCUT2D eigenvalue weighted by Gasteiger charge is -2.08. The number of aliphatic carboxylic acids is 1. The third kappa shape index (κ3) is 3.71. The van der Waals surface area contributed by atoms with Crippen LogP contribution in [0.25, 0.3) is 0 Å². The summed E-state index contributed by atoms with van der Waals surface area (Å²) < 4.78 is 21.8. The summed E-state index contributed by atoms with van der Waals surface area (Å²) in [6, 6.07) is 0. The van der Waals surface area contributed by atoms with Crippen LogP contribution in [0.15, 0.2) is 0 Å². The van der Waals surface area contributed by atoms with E-state index < -0.39 is 21.1 Å².